The lowest BCUT2D eigenvalue weighted by Crippen LogP contribution is -2.37. The van der Waals surface area contributed by atoms with Gasteiger partial charge in [0.25, 0.3) is 0 Å². The summed E-state index contributed by atoms with van der Waals surface area (Å²) in [7, 11) is 0. The van der Waals surface area contributed by atoms with Gasteiger partial charge >= 0.3 is 0 Å². The Hall–Kier alpha value is -1.72. The second kappa shape index (κ2) is 8.45. The van der Waals surface area contributed by atoms with Crippen LogP contribution in [0.3, 0.4) is 0 Å². The summed E-state index contributed by atoms with van der Waals surface area (Å²) >= 11 is 0. The van der Waals surface area contributed by atoms with E-state index in [1.165, 1.54) is 24.3 Å². The molecule has 0 fully saturated rings. The van der Waals surface area contributed by atoms with E-state index in [1.807, 2.05) is 0 Å². The number of amides is 1. The average Bonchev–Trinajstić information content (AvgIpc) is 2.45. The van der Waals surface area contributed by atoms with Crippen molar-refractivity contribution in [3.05, 3.63) is 48.3 Å². The molecule has 1 aromatic carbocycles. The molecule has 0 saturated heterocycles. The summed E-state index contributed by atoms with van der Waals surface area (Å²) in [5, 5.41) is 12.5. The number of hydrogen-bond donors (Lipinski definition) is 2. The van der Waals surface area contributed by atoms with Crippen LogP contribution in [0.2, 0.25) is 0 Å². The average molecular weight is 281 g/mol. The Balaban J connectivity index is 2.36. The molecule has 0 aliphatic heterocycles. The highest BCUT2D eigenvalue weighted by molar-refractivity contribution is 5.80. The molecule has 0 aromatic heterocycles. The molecule has 0 saturated carbocycles. The molecule has 0 radical (unpaired) electrons. The van der Waals surface area contributed by atoms with Gasteiger partial charge in [0.15, 0.2) is 0 Å². The predicted octanol–water partition coefficient (Wildman–Crippen LogP) is 1.96. The molecule has 2 N–H and O–H groups in total. The van der Waals surface area contributed by atoms with Gasteiger partial charge in [-0.15, -0.1) is 6.58 Å². The molecule has 1 aromatic rings. The minimum absolute atomic E-state index is 0.0552. The van der Waals surface area contributed by atoms with Crippen LogP contribution in [0.15, 0.2) is 36.9 Å². The number of benzene rings is 1. The first kappa shape index (κ1) is 16.3. The zero-order valence-corrected chi connectivity index (χ0v) is 11.5. The zero-order valence-electron chi connectivity index (χ0n) is 11.5. The van der Waals surface area contributed by atoms with Crippen LogP contribution < -0.4 is 5.32 Å². The predicted molar refractivity (Wildman–Crippen MR) is 74.6 cm³/mol. The molecule has 1 amide bonds. The summed E-state index contributed by atoms with van der Waals surface area (Å²) in [5.41, 5.74) is 0.548. The van der Waals surface area contributed by atoms with Crippen LogP contribution in [0.4, 0.5) is 4.39 Å². The van der Waals surface area contributed by atoms with Gasteiger partial charge in [-0.2, -0.15) is 0 Å². The lowest BCUT2D eigenvalue weighted by atomic mass is 10.1. The fraction of sp³-hybridized carbons (Fsp3) is 0.400. The van der Waals surface area contributed by atoms with Gasteiger partial charge < -0.3 is 15.2 Å². The summed E-state index contributed by atoms with van der Waals surface area (Å²) in [6.07, 6.45) is 0.925. The second-order valence-electron chi connectivity index (χ2n) is 4.40. The van der Waals surface area contributed by atoms with Crippen LogP contribution in [0.5, 0.6) is 0 Å². The Morgan fingerprint density at radius 3 is 2.75 bits per heavy atom. The normalized spacial score (nSPS) is 13.6. The van der Waals surface area contributed by atoms with Crippen molar-refractivity contribution in [3.63, 3.8) is 0 Å². The Labute approximate surface area is 118 Å². The smallest absolute Gasteiger partial charge is 0.248 e. The minimum Gasteiger partial charge on any atom is -0.387 e. The summed E-state index contributed by atoms with van der Waals surface area (Å²) in [6, 6.07) is 5.50. The van der Waals surface area contributed by atoms with E-state index in [0.29, 0.717) is 18.6 Å². The monoisotopic (exact) mass is 281 g/mol. The van der Waals surface area contributed by atoms with E-state index in [-0.39, 0.29) is 18.3 Å². The van der Waals surface area contributed by atoms with Gasteiger partial charge in [-0.3, -0.25) is 4.79 Å². The van der Waals surface area contributed by atoms with Crippen molar-refractivity contribution in [2.45, 2.75) is 25.6 Å². The SMILES string of the molecule is C=CCCOC(C)C(=O)NCC(O)c1ccc(F)cc1. The van der Waals surface area contributed by atoms with Crippen molar-refractivity contribution >= 4 is 5.91 Å². The van der Waals surface area contributed by atoms with E-state index < -0.39 is 12.2 Å². The third kappa shape index (κ3) is 5.50. The van der Waals surface area contributed by atoms with Gasteiger partial charge in [0.05, 0.1) is 12.7 Å². The van der Waals surface area contributed by atoms with Crippen LogP contribution in [0.1, 0.15) is 25.0 Å². The van der Waals surface area contributed by atoms with Crippen molar-refractivity contribution in [2.75, 3.05) is 13.2 Å². The number of halogens is 1. The fourth-order valence-corrected chi connectivity index (χ4v) is 1.55. The maximum atomic E-state index is 12.7. The Bertz CT molecular complexity index is 433. The molecule has 2 unspecified atom stereocenters. The van der Waals surface area contributed by atoms with Crippen LogP contribution in [0, 0.1) is 5.82 Å². The summed E-state index contributed by atoms with van der Waals surface area (Å²) in [6.45, 7) is 5.69. The molecule has 0 aliphatic carbocycles. The van der Waals surface area contributed by atoms with Crippen LogP contribution in [-0.2, 0) is 9.53 Å². The van der Waals surface area contributed by atoms with Crippen molar-refractivity contribution < 1.29 is 19.0 Å². The van der Waals surface area contributed by atoms with E-state index in [9.17, 15) is 14.3 Å². The van der Waals surface area contributed by atoms with Gasteiger partial charge in [0.2, 0.25) is 5.91 Å². The van der Waals surface area contributed by atoms with E-state index in [2.05, 4.69) is 11.9 Å². The number of aliphatic hydroxyl groups is 1. The Kier molecular flexibility index (Phi) is 6.90. The van der Waals surface area contributed by atoms with Crippen molar-refractivity contribution in [1.82, 2.24) is 5.32 Å². The maximum absolute atomic E-state index is 12.7. The first-order valence-electron chi connectivity index (χ1n) is 6.48. The highest BCUT2D eigenvalue weighted by Crippen LogP contribution is 2.12. The summed E-state index contributed by atoms with van der Waals surface area (Å²) in [5.74, 6) is -0.663. The minimum atomic E-state index is -0.875. The summed E-state index contributed by atoms with van der Waals surface area (Å²) < 4.78 is 18.0. The van der Waals surface area contributed by atoms with Crippen molar-refractivity contribution in [3.8, 4) is 0 Å². The largest absolute Gasteiger partial charge is 0.387 e. The van der Waals surface area contributed by atoms with Crippen molar-refractivity contribution in [1.29, 1.82) is 0 Å². The van der Waals surface area contributed by atoms with E-state index in [0.717, 1.165) is 0 Å². The number of aliphatic hydroxyl groups excluding tert-OH is 1. The molecule has 4 nitrogen and oxygen atoms in total. The highest BCUT2D eigenvalue weighted by Gasteiger charge is 2.15. The van der Waals surface area contributed by atoms with Crippen LogP contribution >= 0.6 is 0 Å². The first-order chi connectivity index (χ1) is 9.54. The van der Waals surface area contributed by atoms with Gasteiger partial charge in [0.1, 0.15) is 11.9 Å². The molecule has 20 heavy (non-hydrogen) atoms. The summed E-state index contributed by atoms with van der Waals surface area (Å²) in [4.78, 5) is 11.7. The molecule has 5 heteroatoms. The Morgan fingerprint density at radius 2 is 2.15 bits per heavy atom. The number of rotatable bonds is 8. The Morgan fingerprint density at radius 1 is 1.50 bits per heavy atom. The molecular formula is C15H20FNO3. The number of ether oxygens (including phenoxy) is 1. The number of hydrogen-bond acceptors (Lipinski definition) is 3. The number of nitrogens with one attached hydrogen (secondary N) is 1. The van der Waals surface area contributed by atoms with E-state index in [1.54, 1.807) is 13.0 Å². The lowest BCUT2D eigenvalue weighted by molar-refractivity contribution is -0.132. The molecule has 0 heterocycles. The van der Waals surface area contributed by atoms with Gasteiger partial charge in [-0.25, -0.2) is 4.39 Å². The molecule has 110 valence electrons. The maximum Gasteiger partial charge on any atom is 0.248 e. The quantitative estimate of drug-likeness (QED) is 0.565. The molecular weight excluding hydrogens is 261 g/mol. The third-order valence-corrected chi connectivity index (χ3v) is 2.78. The lowest BCUT2D eigenvalue weighted by Gasteiger charge is -2.16. The second-order valence-corrected chi connectivity index (χ2v) is 4.40. The van der Waals surface area contributed by atoms with E-state index >= 15 is 0 Å². The third-order valence-electron chi connectivity index (χ3n) is 2.78. The molecule has 0 aliphatic rings. The topological polar surface area (TPSA) is 58.6 Å². The number of carbonyl (C=O) groups excluding carboxylic acids is 1. The van der Waals surface area contributed by atoms with E-state index in [4.69, 9.17) is 4.74 Å². The molecule has 1 rings (SSSR count). The standard InChI is InChI=1S/C15H20FNO3/c1-3-4-9-20-11(2)15(19)17-10-14(18)12-5-7-13(16)8-6-12/h3,5-8,11,14,18H,1,4,9-10H2,2H3,(H,17,19). The van der Waals surface area contributed by atoms with Crippen molar-refractivity contribution in [2.24, 2.45) is 0 Å². The van der Waals surface area contributed by atoms with Gasteiger partial charge in [0, 0.05) is 6.54 Å². The highest BCUT2D eigenvalue weighted by atomic mass is 19.1. The molecule has 0 spiro atoms. The van der Waals surface area contributed by atoms with Gasteiger partial charge in [-0.05, 0) is 31.0 Å². The molecule has 2 atom stereocenters. The first-order valence-corrected chi connectivity index (χ1v) is 6.48. The number of carbonyl (C=O) groups is 1. The van der Waals surface area contributed by atoms with Crippen LogP contribution in [-0.4, -0.2) is 30.3 Å². The van der Waals surface area contributed by atoms with Crippen LogP contribution in [0.25, 0.3) is 0 Å². The zero-order chi connectivity index (χ0) is 15.0. The molecule has 0 bridgehead atoms. The fourth-order valence-electron chi connectivity index (χ4n) is 1.55. The van der Waals surface area contributed by atoms with Gasteiger partial charge in [-0.1, -0.05) is 18.2 Å².